The Morgan fingerprint density at radius 3 is 2.18 bits per heavy atom. The summed E-state index contributed by atoms with van der Waals surface area (Å²) in [6.45, 7) is 2.64. The second kappa shape index (κ2) is 11.2. The third-order valence-electron chi connectivity index (χ3n) is 5.91. The van der Waals surface area contributed by atoms with Crippen molar-refractivity contribution in [3.8, 4) is 5.75 Å². The molecule has 0 bridgehead atoms. The van der Waals surface area contributed by atoms with Gasteiger partial charge in [-0.3, -0.25) is 14.9 Å². The van der Waals surface area contributed by atoms with Crippen LogP contribution in [0, 0.1) is 16.0 Å². The van der Waals surface area contributed by atoms with E-state index in [-0.39, 0.29) is 55.1 Å². The van der Waals surface area contributed by atoms with Crippen LogP contribution in [0.5, 0.6) is 5.75 Å². The highest BCUT2D eigenvalue weighted by atomic mass is 19.4. The number of halogens is 6. The van der Waals surface area contributed by atoms with Crippen molar-refractivity contribution in [1.82, 2.24) is 0 Å². The number of rotatable bonds is 8. The molecule has 1 aliphatic rings. The van der Waals surface area contributed by atoms with Crippen molar-refractivity contribution in [2.24, 2.45) is 5.92 Å². The van der Waals surface area contributed by atoms with Crippen LogP contribution in [-0.2, 0) is 0 Å². The third kappa shape index (κ3) is 8.37. The lowest BCUT2D eigenvalue weighted by Gasteiger charge is -2.35. The number of nitrogens with zero attached hydrogens (tertiary/aromatic N) is 2. The Labute approximate surface area is 218 Å². The van der Waals surface area contributed by atoms with E-state index in [4.69, 9.17) is 0 Å². The molecule has 39 heavy (non-hydrogen) atoms. The van der Waals surface area contributed by atoms with Crippen LogP contribution in [0.15, 0.2) is 36.4 Å². The highest BCUT2D eigenvalue weighted by molar-refractivity contribution is 6.09. The number of carbonyl (C=O) groups excluding carboxylic acids is 1. The molecule has 1 amide bonds. The van der Waals surface area contributed by atoms with Crippen molar-refractivity contribution < 1.29 is 45.9 Å². The third-order valence-corrected chi connectivity index (χ3v) is 5.91. The van der Waals surface area contributed by atoms with Gasteiger partial charge in [0.1, 0.15) is 11.4 Å². The molecular weight excluding hydrogens is 538 g/mol. The molecule has 9 nitrogen and oxygen atoms in total. The normalized spacial score (nSPS) is 15.2. The maximum absolute atomic E-state index is 13.2. The number of nitro benzene ring substituents is 1. The zero-order valence-electron chi connectivity index (χ0n) is 20.8. The topological polar surface area (TPSA) is 117 Å². The first kappa shape index (κ1) is 29.8. The lowest BCUT2D eigenvalue weighted by molar-refractivity contribution is -0.384. The number of piperidine rings is 1. The summed E-state index contributed by atoms with van der Waals surface area (Å²) in [6.07, 6.45) is -9.81. The number of anilines is 3. The van der Waals surface area contributed by atoms with E-state index in [1.165, 1.54) is 24.8 Å². The van der Waals surface area contributed by atoms with Crippen molar-refractivity contribution >= 4 is 28.7 Å². The lowest BCUT2D eigenvalue weighted by Crippen LogP contribution is -2.40. The Morgan fingerprint density at radius 2 is 1.69 bits per heavy atom. The van der Waals surface area contributed by atoms with Crippen molar-refractivity contribution in [2.45, 2.75) is 44.8 Å². The number of nitro groups is 1. The molecule has 0 radical (unpaired) electrons. The van der Waals surface area contributed by atoms with E-state index < -0.39 is 46.3 Å². The van der Waals surface area contributed by atoms with Gasteiger partial charge < -0.3 is 25.4 Å². The van der Waals surface area contributed by atoms with E-state index in [0.717, 1.165) is 30.3 Å². The summed E-state index contributed by atoms with van der Waals surface area (Å²) in [5.74, 6) is -2.94. The number of alkyl halides is 6. The van der Waals surface area contributed by atoms with E-state index in [1.807, 2.05) is 0 Å². The van der Waals surface area contributed by atoms with E-state index in [2.05, 4.69) is 15.4 Å². The lowest BCUT2D eigenvalue weighted by atomic mass is 9.95. The Bertz CT molecular complexity index is 1190. The molecule has 0 spiro atoms. The van der Waals surface area contributed by atoms with Gasteiger partial charge >= 0.3 is 12.5 Å². The number of hydrogen-bond acceptors (Lipinski definition) is 7. The minimum atomic E-state index is -4.92. The summed E-state index contributed by atoms with van der Waals surface area (Å²) in [5, 5.41) is 27.0. The predicted octanol–water partition coefficient (Wildman–Crippen LogP) is 5.71. The van der Waals surface area contributed by atoms with Crippen molar-refractivity contribution in [1.29, 1.82) is 0 Å². The number of carbonyl (C=O) groups is 1. The first-order valence-corrected chi connectivity index (χ1v) is 11.7. The van der Waals surface area contributed by atoms with Gasteiger partial charge in [0.05, 0.1) is 27.7 Å². The van der Waals surface area contributed by atoms with E-state index >= 15 is 0 Å². The Morgan fingerprint density at radius 1 is 1.10 bits per heavy atom. The number of nitrogens with one attached hydrogen (secondary N) is 2. The summed E-state index contributed by atoms with van der Waals surface area (Å²) in [6, 6.07) is 6.40. The molecular formula is C24H26F6N4O5. The molecule has 1 heterocycles. The number of hydrogen-bond donors (Lipinski definition) is 3. The van der Waals surface area contributed by atoms with Gasteiger partial charge in [-0.1, -0.05) is 0 Å². The molecule has 0 aliphatic carbocycles. The molecule has 2 aromatic carbocycles. The van der Waals surface area contributed by atoms with Crippen molar-refractivity contribution in [2.75, 3.05) is 35.2 Å². The van der Waals surface area contributed by atoms with E-state index in [0.29, 0.717) is 0 Å². The SMILES string of the molecule is CC(C)(O)CNc1cc(N2CCC(C(F)(F)F)CC2)c(C(=O)Nc2ccc(OC(F)(F)F)cc2)cc1[N+](=O)[O-]. The van der Waals surface area contributed by atoms with Crippen LogP contribution in [-0.4, -0.2) is 53.7 Å². The maximum atomic E-state index is 13.2. The van der Waals surface area contributed by atoms with Gasteiger partial charge in [-0.25, -0.2) is 0 Å². The van der Waals surface area contributed by atoms with E-state index in [1.54, 1.807) is 0 Å². The van der Waals surface area contributed by atoms with Crippen molar-refractivity contribution in [3.63, 3.8) is 0 Å². The van der Waals surface area contributed by atoms with Crippen LogP contribution < -0.4 is 20.3 Å². The molecule has 0 atom stereocenters. The molecule has 1 aliphatic heterocycles. The quantitative estimate of drug-likeness (QED) is 0.214. The average molecular weight is 564 g/mol. The van der Waals surface area contributed by atoms with Crippen LogP contribution in [0.3, 0.4) is 0 Å². The van der Waals surface area contributed by atoms with Crippen LogP contribution in [0.4, 0.5) is 49.1 Å². The molecule has 2 aromatic rings. The van der Waals surface area contributed by atoms with Gasteiger partial charge in [0.2, 0.25) is 0 Å². The fourth-order valence-electron chi connectivity index (χ4n) is 4.01. The van der Waals surface area contributed by atoms with Gasteiger partial charge in [0, 0.05) is 31.4 Å². The van der Waals surface area contributed by atoms with Gasteiger partial charge in [-0.2, -0.15) is 13.2 Å². The molecule has 15 heteroatoms. The van der Waals surface area contributed by atoms with Crippen LogP contribution in [0.2, 0.25) is 0 Å². The largest absolute Gasteiger partial charge is 0.573 e. The Hall–Kier alpha value is -3.75. The van der Waals surface area contributed by atoms with Gasteiger partial charge in [-0.15, -0.1) is 13.2 Å². The molecule has 1 saturated heterocycles. The first-order valence-electron chi connectivity index (χ1n) is 11.7. The molecule has 3 rings (SSSR count). The van der Waals surface area contributed by atoms with Gasteiger partial charge in [0.15, 0.2) is 0 Å². The zero-order chi connectivity index (χ0) is 29.2. The number of ether oxygens (including phenoxy) is 1. The molecule has 214 valence electrons. The fraction of sp³-hybridized carbons (Fsp3) is 0.458. The zero-order valence-corrected chi connectivity index (χ0v) is 20.8. The second-order valence-corrected chi connectivity index (χ2v) is 9.64. The average Bonchev–Trinajstić information content (AvgIpc) is 2.81. The minimum Gasteiger partial charge on any atom is -0.406 e. The molecule has 3 N–H and O–H groups in total. The molecule has 1 fully saturated rings. The summed E-state index contributed by atoms with van der Waals surface area (Å²) < 4.78 is 80.6. The van der Waals surface area contributed by atoms with Crippen molar-refractivity contribution in [3.05, 3.63) is 52.1 Å². The highest BCUT2D eigenvalue weighted by Gasteiger charge is 2.41. The van der Waals surface area contributed by atoms with Gasteiger partial charge in [-0.05, 0) is 57.0 Å². The highest BCUT2D eigenvalue weighted by Crippen LogP contribution is 2.39. The fourth-order valence-corrected chi connectivity index (χ4v) is 4.01. The number of aliphatic hydroxyl groups is 1. The molecule has 0 aromatic heterocycles. The minimum absolute atomic E-state index is 0.0446. The number of benzene rings is 2. The van der Waals surface area contributed by atoms with E-state index in [9.17, 15) is 46.4 Å². The van der Waals surface area contributed by atoms with Crippen LogP contribution in [0.25, 0.3) is 0 Å². The monoisotopic (exact) mass is 564 g/mol. The number of amides is 1. The smallest absolute Gasteiger partial charge is 0.406 e. The summed E-state index contributed by atoms with van der Waals surface area (Å²) in [7, 11) is 0. The summed E-state index contributed by atoms with van der Waals surface area (Å²) in [4.78, 5) is 25.8. The van der Waals surface area contributed by atoms with Gasteiger partial charge in [0.25, 0.3) is 11.6 Å². The maximum Gasteiger partial charge on any atom is 0.573 e. The summed E-state index contributed by atoms with van der Waals surface area (Å²) >= 11 is 0. The Balaban J connectivity index is 1.96. The first-order chi connectivity index (χ1) is 17.9. The Kier molecular flexibility index (Phi) is 8.53. The summed E-state index contributed by atoms with van der Waals surface area (Å²) in [5.41, 5.74) is -1.90. The van der Waals surface area contributed by atoms with Crippen LogP contribution in [0.1, 0.15) is 37.0 Å². The molecule has 0 saturated carbocycles. The standard InChI is InChI=1S/C24H26F6N4O5/c1-22(2,36)13-31-18-12-19(33-9-7-14(8-10-33)23(25,26)27)17(11-20(18)34(37)38)21(35)32-15-3-5-16(6-4-15)39-24(28,29)30/h3-6,11-12,14,31,36H,7-10,13H2,1-2H3,(H,32,35). The predicted molar refractivity (Wildman–Crippen MR) is 130 cm³/mol. The molecule has 0 unspecified atom stereocenters. The van der Waals surface area contributed by atoms with Crippen LogP contribution >= 0.6 is 0 Å². The second-order valence-electron chi connectivity index (χ2n) is 9.64.